The van der Waals surface area contributed by atoms with Gasteiger partial charge >= 0.3 is 0 Å². The fraction of sp³-hybridized carbons (Fsp3) is 0.400. The van der Waals surface area contributed by atoms with Gasteiger partial charge < -0.3 is 5.32 Å². The maximum atomic E-state index is 14.1. The van der Waals surface area contributed by atoms with E-state index in [0.717, 1.165) is 50.4 Å². The highest BCUT2D eigenvalue weighted by Crippen LogP contribution is 2.15. The average molecular weight is 327 g/mol. The zero-order chi connectivity index (χ0) is 16.8. The second-order valence-electron chi connectivity index (χ2n) is 6.49. The van der Waals surface area contributed by atoms with Crippen molar-refractivity contribution >= 4 is 0 Å². The highest BCUT2D eigenvalue weighted by atomic mass is 19.1. The maximum Gasteiger partial charge on any atom is 0.127 e. The highest BCUT2D eigenvalue weighted by Gasteiger charge is 2.18. The maximum absolute atomic E-state index is 14.1. The molecule has 0 atom stereocenters. The van der Waals surface area contributed by atoms with E-state index >= 15 is 0 Å². The molecule has 1 N–H and O–H groups in total. The molecule has 1 heterocycles. The van der Waals surface area contributed by atoms with Crippen LogP contribution < -0.4 is 5.32 Å². The molecule has 2 aromatic carbocycles. The summed E-state index contributed by atoms with van der Waals surface area (Å²) in [5.41, 5.74) is 3.30. The lowest BCUT2D eigenvalue weighted by molar-refractivity contribution is 0.121. The fourth-order valence-corrected chi connectivity index (χ4v) is 3.25. The van der Waals surface area contributed by atoms with Gasteiger partial charge in [-0.3, -0.25) is 9.80 Å². The van der Waals surface area contributed by atoms with E-state index < -0.39 is 0 Å². The average Bonchev–Trinajstić information content (AvgIpc) is 2.61. The summed E-state index contributed by atoms with van der Waals surface area (Å²) in [6.07, 6.45) is 0. The second-order valence-corrected chi connectivity index (χ2v) is 6.49. The monoisotopic (exact) mass is 327 g/mol. The topological polar surface area (TPSA) is 18.5 Å². The number of benzene rings is 2. The molecule has 2 aromatic rings. The molecule has 0 radical (unpaired) electrons. The predicted octanol–water partition coefficient (Wildman–Crippen LogP) is 2.86. The number of nitrogens with one attached hydrogen (secondary N) is 1. The van der Waals surface area contributed by atoms with Gasteiger partial charge in [-0.05, 0) is 24.2 Å². The lowest BCUT2D eigenvalue weighted by Gasteiger charge is -2.34. The van der Waals surface area contributed by atoms with Gasteiger partial charge in [0.05, 0.1) is 0 Å². The van der Waals surface area contributed by atoms with Gasteiger partial charge in [-0.25, -0.2) is 4.39 Å². The minimum atomic E-state index is -0.0958. The highest BCUT2D eigenvalue weighted by molar-refractivity contribution is 5.25. The molecule has 128 valence electrons. The quantitative estimate of drug-likeness (QED) is 0.880. The van der Waals surface area contributed by atoms with Gasteiger partial charge in [0.2, 0.25) is 0 Å². The molecular weight excluding hydrogens is 301 g/mol. The van der Waals surface area contributed by atoms with E-state index in [-0.39, 0.29) is 5.82 Å². The first-order chi connectivity index (χ1) is 11.7. The summed E-state index contributed by atoms with van der Waals surface area (Å²) in [6, 6.07) is 16.0. The molecule has 4 heteroatoms. The van der Waals surface area contributed by atoms with Crippen molar-refractivity contribution in [1.29, 1.82) is 0 Å². The van der Waals surface area contributed by atoms with Crippen molar-refractivity contribution in [2.45, 2.75) is 19.6 Å². The summed E-state index contributed by atoms with van der Waals surface area (Å²) in [7, 11) is 1.91. The van der Waals surface area contributed by atoms with Gasteiger partial charge in [0.25, 0.3) is 0 Å². The van der Waals surface area contributed by atoms with E-state index in [2.05, 4.69) is 45.4 Å². The van der Waals surface area contributed by atoms with Crippen LogP contribution in [0.25, 0.3) is 0 Å². The van der Waals surface area contributed by atoms with E-state index in [1.54, 1.807) is 6.07 Å². The number of nitrogens with zero attached hydrogens (tertiary/aromatic N) is 2. The van der Waals surface area contributed by atoms with Crippen molar-refractivity contribution in [3.63, 3.8) is 0 Å². The van der Waals surface area contributed by atoms with E-state index in [0.29, 0.717) is 6.54 Å². The van der Waals surface area contributed by atoms with Gasteiger partial charge in [0.15, 0.2) is 0 Å². The summed E-state index contributed by atoms with van der Waals surface area (Å²) in [5.74, 6) is -0.0958. The normalized spacial score (nSPS) is 16.4. The molecule has 0 unspecified atom stereocenters. The van der Waals surface area contributed by atoms with E-state index in [1.807, 2.05) is 19.2 Å². The Morgan fingerprint density at radius 2 is 1.54 bits per heavy atom. The minimum Gasteiger partial charge on any atom is -0.316 e. The van der Waals surface area contributed by atoms with Crippen molar-refractivity contribution in [2.75, 3.05) is 33.2 Å². The molecule has 1 fully saturated rings. The van der Waals surface area contributed by atoms with Crippen molar-refractivity contribution < 1.29 is 4.39 Å². The van der Waals surface area contributed by atoms with Gasteiger partial charge in [0, 0.05) is 51.4 Å². The Morgan fingerprint density at radius 1 is 0.875 bits per heavy atom. The summed E-state index contributed by atoms with van der Waals surface area (Å²) in [4.78, 5) is 4.82. The van der Waals surface area contributed by atoms with Crippen molar-refractivity contribution in [3.05, 3.63) is 71.0 Å². The van der Waals surface area contributed by atoms with Crippen LogP contribution in [-0.4, -0.2) is 43.0 Å². The SMILES string of the molecule is CNCc1ccc(F)c(CN2CCN(Cc3ccccc3)CC2)c1. The Hall–Kier alpha value is -1.75. The van der Waals surface area contributed by atoms with Gasteiger partial charge in [-0.15, -0.1) is 0 Å². The number of hydrogen-bond acceptors (Lipinski definition) is 3. The van der Waals surface area contributed by atoms with Crippen molar-refractivity contribution in [2.24, 2.45) is 0 Å². The minimum absolute atomic E-state index is 0.0958. The van der Waals surface area contributed by atoms with Crippen LogP contribution >= 0.6 is 0 Å². The second kappa shape index (κ2) is 8.38. The third kappa shape index (κ3) is 4.63. The summed E-state index contributed by atoms with van der Waals surface area (Å²) in [5, 5.41) is 3.12. The molecule has 3 nitrogen and oxygen atoms in total. The van der Waals surface area contributed by atoms with Crippen LogP contribution in [0.5, 0.6) is 0 Å². The van der Waals surface area contributed by atoms with E-state index in [4.69, 9.17) is 0 Å². The Kier molecular flexibility index (Phi) is 5.96. The number of halogens is 1. The molecule has 0 aliphatic carbocycles. The molecule has 0 amide bonds. The third-order valence-electron chi connectivity index (χ3n) is 4.60. The van der Waals surface area contributed by atoms with Crippen LogP contribution in [0.4, 0.5) is 4.39 Å². The molecule has 0 spiro atoms. The molecule has 1 aliphatic rings. The number of piperazine rings is 1. The zero-order valence-electron chi connectivity index (χ0n) is 14.3. The number of rotatable bonds is 6. The van der Waals surface area contributed by atoms with Crippen molar-refractivity contribution in [3.8, 4) is 0 Å². The Balaban J connectivity index is 1.53. The molecule has 1 saturated heterocycles. The predicted molar refractivity (Wildman–Crippen MR) is 96.2 cm³/mol. The largest absolute Gasteiger partial charge is 0.316 e. The molecule has 24 heavy (non-hydrogen) atoms. The Labute approximate surface area is 144 Å². The smallest absolute Gasteiger partial charge is 0.127 e. The fourth-order valence-electron chi connectivity index (χ4n) is 3.25. The van der Waals surface area contributed by atoms with E-state index in [1.165, 1.54) is 5.56 Å². The van der Waals surface area contributed by atoms with Gasteiger partial charge in [-0.2, -0.15) is 0 Å². The first-order valence-electron chi connectivity index (χ1n) is 8.65. The summed E-state index contributed by atoms with van der Waals surface area (Å²) in [6.45, 7) is 6.52. The van der Waals surface area contributed by atoms with Crippen molar-refractivity contribution in [1.82, 2.24) is 15.1 Å². The van der Waals surface area contributed by atoms with E-state index in [9.17, 15) is 4.39 Å². The summed E-state index contributed by atoms with van der Waals surface area (Å²) < 4.78 is 14.1. The molecular formula is C20H26FN3. The molecule has 0 aromatic heterocycles. The van der Waals surface area contributed by atoms with Crippen LogP contribution in [0, 0.1) is 5.82 Å². The first-order valence-corrected chi connectivity index (χ1v) is 8.65. The van der Waals surface area contributed by atoms with Crippen LogP contribution in [0.1, 0.15) is 16.7 Å². The Bertz CT molecular complexity index is 637. The van der Waals surface area contributed by atoms with Crippen LogP contribution in [0.15, 0.2) is 48.5 Å². The molecule has 0 saturated carbocycles. The van der Waals surface area contributed by atoms with Gasteiger partial charge in [-0.1, -0.05) is 42.5 Å². The van der Waals surface area contributed by atoms with Crippen LogP contribution in [-0.2, 0) is 19.6 Å². The number of hydrogen-bond donors (Lipinski definition) is 1. The third-order valence-corrected chi connectivity index (χ3v) is 4.60. The van der Waals surface area contributed by atoms with Gasteiger partial charge in [0.1, 0.15) is 5.82 Å². The van der Waals surface area contributed by atoms with Crippen LogP contribution in [0.3, 0.4) is 0 Å². The molecule has 3 rings (SSSR count). The first kappa shape index (κ1) is 17.1. The molecule has 1 aliphatic heterocycles. The van der Waals surface area contributed by atoms with Crippen LogP contribution in [0.2, 0.25) is 0 Å². The Morgan fingerprint density at radius 3 is 2.21 bits per heavy atom. The lowest BCUT2D eigenvalue weighted by Crippen LogP contribution is -2.45. The summed E-state index contributed by atoms with van der Waals surface area (Å²) >= 11 is 0. The molecule has 0 bridgehead atoms. The lowest BCUT2D eigenvalue weighted by atomic mass is 10.1. The zero-order valence-corrected chi connectivity index (χ0v) is 14.3. The standard InChI is InChI=1S/C20H26FN3/c1-22-14-18-7-8-20(21)19(13-18)16-24-11-9-23(10-12-24)15-17-5-3-2-4-6-17/h2-8,13,22H,9-12,14-16H2,1H3.